The topological polar surface area (TPSA) is 65.4 Å². The number of carbonyl (C=O) groups is 1. The largest absolute Gasteiger partial charge is 0.382 e. The fourth-order valence-corrected chi connectivity index (χ4v) is 2.55. The first kappa shape index (κ1) is 17.5. The second-order valence-electron chi connectivity index (χ2n) is 5.42. The fourth-order valence-electron chi connectivity index (χ4n) is 2.55. The lowest BCUT2D eigenvalue weighted by molar-refractivity contribution is -0.117. The highest BCUT2D eigenvalue weighted by Gasteiger charge is 2.18. The number of nitrogens with zero attached hydrogens (tertiary/aromatic N) is 2. The van der Waals surface area contributed by atoms with E-state index in [-0.39, 0.29) is 11.5 Å². The predicted molar refractivity (Wildman–Crippen MR) is 82.5 cm³/mol. The molecular weight excluding hydrogens is 266 g/mol. The van der Waals surface area contributed by atoms with Gasteiger partial charge >= 0.3 is 0 Å². The van der Waals surface area contributed by atoms with Crippen LogP contribution in [0.2, 0.25) is 0 Å². The van der Waals surface area contributed by atoms with Crippen LogP contribution in [0.25, 0.3) is 0 Å². The van der Waals surface area contributed by atoms with Crippen LogP contribution in [0.3, 0.4) is 0 Å². The summed E-state index contributed by atoms with van der Waals surface area (Å²) in [6, 6.07) is 2.45. The van der Waals surface area contributed by atoms with Gasteiger partial charge in [-0.2, -0.15) is 5.26 Å². The summed E-state index contributed by atoms with van der Waals surface area (Å²) in [6.45, 7) is 3.79. The first-order chi connectivity index (χ1) is 10.2. The molecule has 0 unspecified atom stereocenters. The number of nitriles is 1. The van der Waals surface area contributed by atoms with E-state index in [4.69, 9.17) is 10.00 Å². The number of nitrogens with one attached hydrogen (secondary N) is 1. The smallest absolute Gasteiger partial charge is 0.263 e. The molecule has 0 heterocycles. The van der Waals surface area contributed by atoms with Crippen LogP contribution in [-0.4, -0.2) is 43.7 Å². The van der Waals surface area contributed by atoms with Gasteiger partial charge in [-0.1, -0.05) is 19.3 Å². The summed E-state index contributed by atoms with van der Waals surface area (Å²) < 4.78 is 5.21. The van der Waals surface area contributed by atoms with Crippen LogP contribution in [-0.2, 0) is 9.53 Å². The minimum absolute atomic E-state index is 0.180. The molecular formula is C16H27N3O2. The zero-order valence-corrected chi connectivity index (χ0v) is 13.2. The number of ether oxygens (including phenoxy) is 1. The summed E-state index contributed by atoms with van der Waals surface area (Å²) in [6.07, 6.45) is 8.48. The van der Waals surface area contributed by atoms with Gasteiger partial charge in [0.15, 0.2) is 0 Å². The van der Waals surface area contributed by atoms with E-state index >= 15 is 0 Å². The van der Waals surface area contributed by atoms with Crippen LogP contribution >= 0.6 is 0 Å². The SMILES string of the molecule is CCOCCCNC(=O)/C(C#N)=C\N(C)C1CCCCC1. The first-order valence-electron chi connectivity index (χ1n) is 7.88. The minimum Gasteiger partial charge on any atom is -0.382 e. The van der Waals surface area contributed by atoms with Crippen molar-refractivity contribution in [3.63, 3.8) is 0 Å². The van der Waals surface area contributed by atoms with Gasteiger partial charge in [-0.15, -0.1) is 0 Å². The van der Waals surface area contributed by atoms with Crippen molar-refractivity contribution in [2.75, 3.05) is 26.8 Å². The van der Waals surface area contributed by atoms with Crippen molar-refractivity contribution in [2.24, 2.45) is 0 Å². The van der Waals surface area contributed by atoms with Gasteiger partial charge in [0.2, 0.25) is 0 Å². The molecule has 1 fully saturated rings. The second kappa shape index (κ2) is 10.2. The van der Waals surface area contributed by atoms with Gasteiger partial charge in [-0.25, -0.2) is 0 Å². The summed E-state index contributed by atoms with van der Waals surface area (Å²) in [4.78, 5) is 14.0. The van der Waals surface area contributed by atoms with Crippen LogP contribution in [0, 0.1) is 11.3 Å². The van der Waals surface area contributed by atoms with Gasteiger partial charge in [0, 0.05) is 39.0 Å². The lowest BCUT2D eigenvalue weighted by Crippen LogP contribution is -2.32. The van der Waals surface area contributed by atoms with E-state index in [0.717, 1.165) is 19.3 Å². The molecule has 1 aliphatic carbocycles. The van der Waals surface area contributed by atoms with E-state index < -0.39 is 0 Å². The van der Waals surface area contributed by atoms with E-state index in [2.05, 4.69) is 5.32 Å². The molecule has 0 aromatic carbocycles. The van der Waals surface area contributed by atoms with Crippen molar-refractivity contribution in [1.29, 1.82) is 5.26 Å². The zero-order valence-electron chi connectivity index (χ0n) is 13.2. The molecule has 1 amide bonds. The van der Waals surface area contributed by atoms with E-state index in [1.807, 2.05) is 24.9 Å². The average molecular weight is 293 g/mol. The summed E-state index contributed by atoms with van der Waals surface area (Å²) in [5, 5.41) is 11.9. The van der Waals surface area contributed by atoms with E-state index in [1.54, 1.807) is 6.20 Å². The molecule has 0 aliphatic heterocycles. The Balaban J connectivity index is 2.42. The summed E-state index contributed by atoms with van der Waals surface area (Å²) in [5.41, 5.74) is 0.180. The van der Waals surface area contributed by atoms with Gasteiger partial charge < -0.3 is 15.0 Å². The van der Waals surface area contributed by atoms with Crippen LogP contribution in [0.15, 0.2) is 11.8 Å². The standard InChI is InChI=1S/C16H27N3O2/c1-3-21-11-7-10-18-16(20)14(12-17)13-19(2)15-8-5-4-6-9-15/h13,15H,3-11H2,1-2H3,(H,18,20)/b14-13-. The third-order valence-electron chi connectivity index (χ3n) is 3.80. The summed E-state index contributed by atoms with van der Waals surface area (Å²) >= 11 is 0. The minimum atomic E-state index is -0.295. The highest BCUT2D eigenvalue weighted by Crippen LogP contribution is 2.22. The van der Waals surface area contributed by atoms with Crippen LogP contribution in [0.1, 0.15) is 45.4 Å². The maximum absolute atomic E-state index is 12.0. The quantitative estimate of drug-likeness (QED) is 0.423. The van der Waals surface area contributed by atoms with E-state index in [1.165, 1.54) is 19.3 Å². The fraction of sp³-hybridized carbons (Fsp3) is 0.750. The van der Waals surface area contributed by atoms with Crippen LogP contribution < -0.4 is 5.32 Å². The molecule has 5 nitrogen and oxygen atoms in total. The van der Waals surface area contributed by atoms with Crippen LogP contribution in [0.4, 0.5) is 0 Å². The average Bonchev–Trinajstić information content (AvgIpc) is 2.52. The molecule has 1 N–H and O–H groups in total. The first-order valence-corrected chi connectivity index (χ1v) is 7.88. The van der Waals surface area contributed by atoms with Gasteiger partial charge in [0.25, 0.3) is 5.91 Å². The maximum Gasteiger partial charge on any atom is 0.263 e. The number of rotatable bonds is 8. The molecule has 1 aliphatic rings. The van der Waals surface area contributed by atoms with Crippen molar-refractivity contribution in [2.45, 2.75) is 51.5 Å². The van der Waals surface area contributed by atoms with Gasteiger partial charge in [0.05, 0.1) is 0 Å². The monoisotopic (exact) mass is 293 g/mol. The molecule has 0 radical (unpaired) electrons. The van der Waals surface area contributed by atoms with Crippen molar-refractivity contribution in [3.05, 3.63) is 11.8 Å². The molecule has 118 valence electrons. The number of carbonyl (C=O) groups excluding carboxylic acids is 1. The van der Waals surface area contributed by atoms with E-state index in [9.17, 15) is 4.79 Å². The Kier molecular flexibility index (Phi) is 8.53. The molecule has 1 saturated carbocycles. The maximum atomic E-state index is 12.0. The Labute approximate surface area is 127 Å². The highest BCUT2D eigenvalue weighted by atomic mass is 16.5. The Morgan fingerprint density at radius 1 is 1.43 bits per heavy atom. The van der Waals surface area contributed by atoms with Gasteiger partial charge in [-0.05, 0) is 26.2 Å². The van der Waals surface area contributed by atoms with Gasteiger partial charge in [0.1, 0.15) is 11.6 Å². The third kappa shape index (κ3) is 6.63. The summed E-state index contributed by atoms with van der Waals surface area (Å²) in [5.74, 6) is -0.295. The highest BCUT2D eigenvalue weighted by molar-refractivity contribution is 5.97. The number of hydrogen-bond donors (Lipinski definition) is 1. The Morgan fingerprint density at radius 2 is 2.14 bits per heavy atom. The molecule has 0 aromatic heterocycles. The van der Waals surface area contributed by atoms with Crippen molar-refractivity contribution in [3.8, 4) is 6.07 Å². The van der Waals surface area contributed by atoms with Crippen molar-refractivity contribution >= 4 is 5.91 Å². The molecule has 0 atom stereocenters. The molecule has 0 aromatic rings. The normalized spacial score (nSPS) is 16.3. The molecule has 0 saturated heterocycles. The van der Waals surface area contributed by atoms with E-state index in [0.29, 0.717) is 25.8 Å². The van der Waals surface area contributed by atoms with Crippen molar-refractivity contribution < 1.29 is 9.53 Å². The third-order valence-corrected chi connectivity index (χ3v) is 3.80. The Hall–Kier alpha value is -1.54. The van der Waals surface area contributed by atoms with Crippen molar-refractivity contribution in [1.82, 2.24) is 10.2 Å². The summed E-state index contributed by atoms with van der Waals surface area (Å²) in [7, 11) is 1.95. The lowest BCUT2D eigenvalue weighted by atomic mass is 9.94. The molecule has 5 heteroatoms. The molecule has 0 spiro atoms. The second-order valence-corrected chi connectivity index (χ2v) is 5.42. The van der Waals surface area contributed by atoms with Gasteiger partial charge in [-0.3, -0.25) is 4.79 Å². The predicted octanol–water partition coefficient (Wildman–Crippen LogP) is 2.20. The molecule has 21 heavy (non-hydrogen) atoms. The molecule has 0 bridgehead atoms. The zero-order chi connectivity index (χ0) is 15.5. The number of amides is 1. The van der Waals surface area contributed by atoms with Crippen LogP contribution in [0.5, 0.6) is 0 Å². The number of hydrogen-bond acceptors (Lipinski definition) is 4. The lowest BCUT2D eigenvalue weighted by Gasteiger charge is -2.30. The Bertz CT molecular complexity index is 381. The Morgan fingerprint density at radius 3 is 2.76 bits per heavy atom. The molecule has 1 rings (SSSR count).